The van der Waals surface area contributed by atoms with E-state index < -0.39 is 0 Å². The Balaban J connectivity index is 2.19. The summed E-state index contributed by atoms with van der Waals surface area (Å²) in [5.41, 5.74) is 2.56. The second-order valence-electron chi connectivity index (χ2n) is 4.28. The fourth-order valence-corrected chi connectivity index (χ4v) is 2.01. The van der Waals surface area contributed by atoms with E-state index >= 15 is 0 Å². The van der Waals surface area contributed by atoms with Crippen molar-refractivity contribution in [1.29, 1.82) is 0 Å². The van der Waals surface area contributed by atoms with Gasteiger partial charge in [-0.05, 0) is 33.0 Å². The second kappa shape index (κ2) is 6.16. The van der Waals surface area contributed by atoms with Crippen molar-refractivity contribution >= 4 is 15.9 Å². The molecule has 1 atom stereocenters. The third-order valence-corrected chi connectivity index (χ3v) is 3.48. The van der Waals surface area contributed by atoms with Gasteiger partial charge in [0, 0.05) is 16.1 Å². The summed E-state index contributed by atoms with van der Waals surface area (Å²) in [6.07, 6.45) is 0. The van der Waals surface area contributed by atoms with Crippen LogP contribution in [0, 0.1) is 6.92 Å². The van der Waals surface area contributed by atoms with Crippen molar-refractivity contribution in [2.24, 2.45) is 0 Å². The molecule has 6 heteroatoms. The molecule has 1 aromatic carbocycles. The minimum Gasteiger partial charge on any atom is -0.487 e. The normalized spacial score (nSPS) is 12.4. The second-order valence-corrected chi connectivity index (χ2v) is 5.19. The zero-order valence-corrected chi connectivity index (χ0v) is 12.7. The van der Waals surface area contributed by atoms with Crippen LogP contribution in [-0.4, -0.2) is 17.4 Å². The lowest BCUT2D eigenvalue weighted by molar-refractivity contribution is 0.267. The lowest BCUT2D eigenvalue weighted by atomic mass is 10.1. The van der Waals surface area contributed by atoms with Gasteiger partial charge < -0.3 is 10.1 Å². The number of benzene rings is 1. The third kappa shape index (κ3) is 3.33. The number of hydrogen-bond acceptors (Lipinski definition) is 5. The summed E-state index contributed by atoms with van der Waals surface area (Å²) in [5.74, 6) is 0.818. The Morgan fingerprint density at radius 1 is 1.42 bits per heavy atom. The fourth-order valence-electron chi connectivity index (χ4n) is 1.67. The van der Waals surface area contributed by atoms with E-state index in [-0.39, 0.29) is 6.04 Å². The number of rotatable bonds is 5. The molecule has 0 aliphatic carbocycles. The maximum absolute atomic E-state index is 5.83. The van der Waals surface area contributed by atoms with Crippen molar-refractivity contribution in [3.05, 3.63) is 39.6 Å². The van der Waals surface area contributed by atoms with E-state index in [1.807, 2.05) is 32.2 Å². The van der Waals surface area contributed by atoms with Gasteiger partial charge >= 0.3 is 0 Å². The van der Waals surface area contributed by atoms with Crippen LogP contribution in [0.15, 0.2) is 27.3 Å². The Bertz CT molecular complexity index is 557. The van der Waals surface area contributed by atoms with Crippen LogP contribution in [0.1, 0.15) is 29.9 Å². The van der Waals surface area contributed by atoms with Crippen molar-refractivity contribution in [1.82, 2.24) is 15.6 Å². The van der Waals surface area contributed by atoms with Crippen molar-refractivity contribution in [2.75, 3.05) is 7.05 Å². The number of ether oxygens (including phenoxy) is 1. The van der Waals surface area contributed by atoms with E-state index in [4.69, 9.17) is 4.74 Å². The molecule has 0 saturated carbocycles. The lowest BCUT2D eigenvalue weighted by Crippen LogP contribution is -2.14. The van der Waals surface area contributed by atoms with Gasteiger partial charge in [0.15, 0.2) is 0 Å². The molecule has 19 heavy (non-hydrogen) atoms. The van der Waals surface area contributed by atoms with Crippen LogP contribution >= 0.6 is 15.9 Å². The molecule has 5 nitrogen and oxygen atoms in total. The molecule has 0 aliphatic heterocycles. The number of aromatic nitrogens is 2. The summed E-state index contributed by atoms with van der Waals surface area (Å²) in [6, 6.07) is 6.19. The van der Waals surface area contributed by atoms with Crippen LogP contribution < -0.4 is 10.1 Å². The van der Waals surface area contributed by atoms with Crippen molar-refractivity contribution < 1.29 is 9.37 Å². The molecule has 2 aromatic rings. The maximum atomic E-state index is 5.83. The minimum atomic E-state index is 0.208. The SMILES string of the molecule is CNC(C)c1ccc(Br)cc1OCc1nonc1C. The first kappa shape index (κ1) is 14.0. The van der Waals surface area contributed by atoms with Gasteiger partial charge in [0.1, 0.15) is 23.7 Å². The Hall–Kier alpha value is -1.40. The van der Waals surface area contributed by atoms with E-state index in [1.165, 1.54) is 0 Å². The standard InChI is InChI=1S/C13H16BrN3O2/c1-8(15-3)11-5-4-10(14)6-13(11)18-7-12-9(2)16-19-17-12/h4-6,8,15H,7H2,1-3H3. The van der Waals surface area contributed by atoms with Crippen LogP contribution in [0.4, 0.5) is 0 Å². The zero-order chi connectivity index (χ0) is 13.8. The van der Waals surface area contributed by atoms with Crippen LogP contribution in [0.5, 0.6) is 5.75 Å². The molecular weight excluding hydrogens is 310 g/mol. The van der Waals surface area contributed by atoms with Crippen LogP contribution in [-0.2, 0) is 6.61 Å². The highest BCUT2D eigenvalue weighted by Gasteiger charge is 2.12. The van der Waals surface area contributed by atoms with Gasteiger partial charge in [0.25, 0.3) is 0 Å². The van der Waals surface area contributed by atoms with E-state index in [1.54, 1.807) is 0 Å². The number of aryl methyl sites for hydroxylation is 1. The summed E-state index contributed by atoms with van der Waals surface area (Å²) in [5, 5.41) is 10.7. The number of nitrogens with one attached hydrogen (secondary N) is 1. The van der Waals surface area contributed by atoms with E-state index in [0.717, 1.165) is 21.5 Å². The Kier molecular flexibility index (Phi) is 4.55. The van der Waals surface area contributed by atoms with Crippen molar-refractivity contribution in [3.8, 4) is 5.75 Å². The van der Waals surface area contributed by atoms with Gasteiger partial charge in [-0.1, -0.05) is 32.3 Å². The summed E-state index contributed by atoms with van der Waals surface area (Å²) < 4.78 is 11.5. The van der Waals surface area contributed by atoms with Crippen LogP contribution in [0.3, 0.4) is 0 Å². The number of nitrogens with zero attached hydrogens (tertiary/aromatic N) is 2. The van der Waals surface area contributed by atoms with Crippen molar-refractivity contribution in [2.45, 2.75) is 26.5 Å². The van der Waals surface area contributed by atoms with E-state index in [2.05, 4.69) is 43.1 Å². The smallest absolute Gasteiger partial charge is 0.145 e. The first-order valence-corrected chi connectivity index (χ1v) is 6.78. The predicted octanol–water partition coefficient (Wildman–Crippen LogP) is 3.00. The minimum absolute atomic E-state index is 0.208. The van der Waals surface area contributed by atoms with Gasteiger partial charge in [-0.15, -0.1) is 0 Å². The highest BCUT2D eigenvalue weighted by atomic mass is 79.9. The first-order chi connectivity index (χ1) is 9.11. The molecule has 0 spiro atoms. The molecule has 0 aliphatic rings. The topological polar surface area (TPSA) is 60.2 Å². The molecule has 2 rings (SSSR count). The quantitative estimate of drug-likeness (QED) is 0.915. The summed E-state index contributed by atoms with van der Waals surface area (Å²) in [4.78, 5) is 0. The molecule has 0 saturated heterocycles. The lowest BCUT2D eigenvalue weighted by Gasteiger charge is -2.16. The highest BCUT2D eigenvalue weighted by molar-refractivity contribution is 9.10. The number of halogens is 1. The molecular formula is C13H16BrN3O2. The van der Waals surface area contributed by atoms with E-state index in [0.29, 0.717) is 12.3 Å². The molecule has 102 valence electrons. The molecule has 0 amide bonds. The predicted molar refractivity (Wildman–Crippen MR) is 75.0 cm³/mol. The molecule has 0 radical (unpaired) electrons. The summed E-state index contributed by atoms with van der Waals surface area (Å²) >= 11 is 3.45. The Morgan fingerprint density at radius 2 is 2.21 bits per heavy atom. The molecule has 0 bridgehead atoms. The summed E-state index contributed by atoms with van der Waals surface area (Å²) in [7, 11) is 1.92. The van der Waals surface area contributed by atoms with Crippen LogP contribution in [0.2, 0.25) is 0 Å². The third-order valence-electron chi connectivity index (χ3n) is 2.99. The van der Waals surface area contributed by atoms with Gasteiger partial charge in [0.05, 0.1) is 0 Å². The largest absolute Gasteiger partial charge is 0.487 e. The van der Waals surface area contributed by atoms with Crippen molar-refractivity contribution in [3.63, 3.8) is 0 Å². The monoisotopic (exact) mass is 325 g/mol. The highest BCUT2D eigenvalue weighted by Crippen LogP contribution is 2.29. The van der Waals surface area contributed by atoms with Gasteiger partial charge in [-0.25, -0.2) is 4.63 Å². The molecule has 1 unspecified atom stereocenters. The Labute approximate surface area is 120 Å². The molecule has 1 heterocycles. The molecule has 1 aromatic heterocycles. The average Bonchev–Trinajstić information content (AvgIpc) is 2.81. The van der Waals surface area contributed by atoms with Gasteiger partial charge in [-0.2, -0.15) is 0 Å². The van der Waals surface area contributed by atoms with Crippen LogP contribution in [0.25, 0.3) is 0 Å². The molecule has 0 fully saturated rings. The molecule has 1 N–H and O–H groups in total. The maximum Gasteiger partial charge on any atom is 0.145 e. The zero-order valence-electron chi connectivity index (χ0n) is 11.1. The van der Waals surface area contributed by atoms with Gasteiger partial charge in [-0.3, -0.25) is 0 Å². The summed E-state index contributed by atoms with van der Waals surface area (Å²) in [6.45, 7) is 4.27. The average molecular weight is 326 g/mol. The first-order valence-electron chi connectivity index (χ1n) is 5.99. The van der Waals surface area contributed by atoms with Gasteiger partial charge in [0.2, 0.25) is 0 Å². The fraction of sp³-hybridized carbons (Fsp3) is 0.385. The van der Waals surface area contributed by atoms with E-state index in [9.17, 15) is 0 Å². The Morgan fingerprint density at radius 3 is 2.84 bits per heavy atom. The number of hydrogen-bond donors (Lipinski definition) is 1.